The zero-order chi connectivity index (χ0) is 15.6. The van der Waals surface area contributed by atoms with Crippen LogP contribution >= 0.6 is 0 Å². The van der Waals surface area contributed by atoms with Crippen LogP contribution < -0.4 is 4.74 Å². The molecule has 21 heavy (non-hydrogen) atoms. The maximum atomic E-state index is 11.2. The monoisotopic (exact) mass is 288 g/mol. The van der Waals surface area contributed by atoms with Gasteiger partial charge in [-0.05, 0) is 37.3 Å². The number of rotatable bonds is 5. The third-order valence-corrected chi connectivity index (χ3v) is 3.78. The molecular formula is C17H20O4. The normalized spacial score (nSPS) is 13.1. The van der Waals surface area contributed by atoms with E-state index in [2.05, 4.69) is 0 Å². The molecule has 0 aromatic heterocycles. The highest BCUT2D eigenvalue weighted by molar-refractivity contribution is 5.91. The number of benzene rings is 2. The van der Waals surface area contributed by atoms with E-state index in [4.69, 9.17) is 4.74 Å². The molecule has 0 aliphatic rings. The number of aliphatic carboxylic acids is 1. The number of methoxy groups -OCH3 is 1. The molecule has 2 rings (SSSR count). The summed E-state index contributed by atoms with van der Waals surface area (Å²) in [7, 11) is 1.60. The Balaban J connectivity index is 2.45. The molecule has 4 nitrogen and oxygen atoms in total. The summed E-state index contributed by atoms with van der Waals surface area (Å²) in [6, 6.07) is 11.2. The van der Waals surface area contributed by atoms with Crippen molar-refractivity contribution in [3.05, 3.63) is 42.0 Å². The van der Waals surface area contributed by atoms with Crippen molar-refractivity contribution >= 4 is 16.7 Å². The summed E-state index contributed by atoms with van der Waals surface area (Å²) in [4.78, 5) is 11.2. The number of hydrogen-bond donors (Lipinski definition) is 2. The molecule has 1 atom stereocenters. The van der Waals surface area contributed by atoms with E-state index in [0.717, 1.165) is 22.1 Å². The van der Waals surface area contributed by atoms with Crippen molar-refractivity contribution in [2.45, 2.75) is 26.4 Å². The first-order chi connectivity index (χ1) is 9.86. The quantitative estimate of drug-likeness (QED) is 0.885. The number of carboxylic acids is 1. The Hall–Kier alpha value is -2.07. The van der Waals surface area contributed by atoms with Crippen LogP contribution in [-0.2, 0) is 4.79 Å². The summed E-state index contributed by atoms with van der Waals surface area (Å²) in [5, 5.41) is 21.5. The Morgan fingerprint density at radius 2 is 1.81 bits per heavy atom. The lowest BCUT2D eigenvalue weighted by Crippen LogP contribution is -2.26. The predicted molar refractivity (Wildman–Crippen MR) is 81.5 cm³/mol. The second-order valence-corrected chi connectivity index (χ2v) is 5.81. The van der Waals surface area contributed by atoms with E-state index >= 15 is 0 Å². The minimum absolute atomic E-state index is 0.151. The summed E-state index contributed by atoms with van der Waals surface area (Å²) in [5.74, 6) is -0.182. The van der Waals surface area contributed by atoms with Crippen molar-refractivity contribution in [3.63, 3.8) is 0 Å². The maximum absolute atomic E-state index is 11.2. The van der Waals surface area contributed by atoms with Gasteiger partial charge in [0.1, 0.15) is 5.75 Å². The Kier molecular flexibility index (Phi) is 4.19. The Morgan fingerprint density at radius 3 is 2.38 bits per heavy atom. The maximum Gasteiger partial charge on any atom is 0.309 e. The van der Waals surface area contributed by atoms with Crippen molar-refractivity contribution in [3.8, 4) is 5.75 Å². The van der Waals surface area contributed by atoms with Gasteiger partial charge in [0.15, 0.2) is 0 Å². The second-order valence-electron chi connectivity index (χ2n) is 5.81. The Labute approximate surface area is 124 Å². The highest BCUT2D eigenvalue weighted by Gasteiger charge is 2.31. The van der Waals surface area contributed by atoms with Gasteiger partial charge in [-0.15, -0.1) is 0 Å². The molecule has 4 heteroatoms. The summed E-state index contributed by atoms with van der Waals surface area (Å²) < 4.78 is 5.33. The summed E-state index contributed by atoms with van der Waals surface area (Å²) in [6.07, 6.45) is -0.689. The zero-order valence-electron chi connectivity index (χ0n) is 12.5. The predicted octanol–water partition coefficient (Wildman–Crippen LogP) is 3.38. The largest absolute Gasteiger partial charge is 0.496 e. The van der Waals surface area contributed by atoms with Crippen LogP contribution in [0.1, 0.15) is 31.9 Å². The van der Waals surface area contributed by atoms with Crippen LogP contribution in [0.2, 0.25) is 0 Å². The first kappa shape index (κ1) is 15.3. The van der Waals surface area contributed by atoms with Crippen LogP contribution in [0.15, 0.2) is 36.4 Å². The van der Waals surface area contributed by atoms with Gasteiger partial charge in [0, 0.05) is 5.39 Å². The molecule has 0 saturated heterocycles. The molecule has 2 aromatic rings. The van der Waals surface area contributed by atoms with Crippen LogP contribution in [-0.4, -0.2) is 23.3 Å². The van der Waals surface area contributed by atoms with E-state index in [-0.39, 0.29) is 6.42 Å². The fourth-order valence-corrected chi connectivity index (χ4v) is 2.44. The highest BCUT2D eigenvalue weighted by atomic mass is 16.5. The molecule has 2 aromatic carbocycles. The van der Waals surface area contributed by atoms with E-state index in [1.807, 2.05) is 24.3 Å². The van der Waals surface area contributed by atoms with Crippen LogP contribution in [0.4, 0.5) is 0 Å². The van der Waals surface area contributed by atoms with Gasteiger partial charge in [-0.1, -0.05) is 30.3 Å². The lowest BCUT2D eigenvalue weighted by Gasteiger charge is -2.24. The number of carbonyl (C=O) groups is 1. The topological polar surface area (TPSA) is 66.8 Å². The van der Waals surface area contributed by atoms with Gasteiger partial charge in [-0.3, -0.25) is 4.79 Å². The Morgan fingerprint density at radius 1 is 1.19 bits per heavy atom. The average Bonchev–Trinajstić information content (AvgIpc) is 2.45. The van der Waals surface area contributed by atoms with Gasteiger partial charge in [-0.2, -0.15) is 0 Å². The van der Waals surface area contributed by atoms with E-state index in [1.165, 1.54) is 0 Å². The molecular weight excluding hydrogens is 268 g/mol. The van der Waals surface area contributed by atoms with E-state index in [9.17, 15) is 15.0 Å². The Bertz CT molecular complexity index is 661. The minimum atomic E-state index is -0.986. The molecule has 0 bridgehead atoms. The van der Waals surface area contributed by atoms with Gasteiger partial charge in [0.05, 0.1) is 18.6 Å². The summed E-state index contributed by atoms with van der Waals surface area (Å²) in [6.45, 7) is 3.23. The molecule has 112 valence electrons. The van der Waals surface area contributed by atoms with E-state index < -0.39 is 17.5 Å². The smallest absolute Gasteiger partial charge is 0.309 e. The number of aliphatic hydroxyl groups is 1. The van der Waals surface area contributed by atoms with Crippen molar-refractivity contribution in [2.75, 3.05) is 7.11 Å². The van der Waals surface area contributed by atoms with Crippen molar-refractivity contribution < 1.29 is 19.7 Å². The molecule has 0 spiro atoms. The third-order valence-electron chi connectivity index (χ3n) is 3.78. The van der Waals surface area contributed by atoms with Gasteiger partial charge in [-0.25, -0.2) is 0 Å². The molecule has 1 unspecified atom stereocenters. The number of carboxylic acid groups (broad SMARTS) is 1. The van der Waals surface area contributed by atoms with Gasteiger partial charge in [0.25, 0.3) is 0 Å². The summed E-state index contributed by atoms with van der Waals surface area (Å²) in [5.41, 5.74) is -0.263. The fourth-order valence-electron chi connectivity index (χ4n) is 2.44. The van der Waals surface area contributed by atoms with Crippen LogP contribution in [0.5, 0.6) is 5.75 Å². The van der Waals surface area contributed by atoms with Crippen LogP contribution in [0.3, 0.4) is 0 Å². The number of aliphatic hydroxyl groups excluding tert-OH is 1. The lowest BCUT2D eigenvalue weighted by molar-refractivity contribution is -0.148. The van der Waals surface area contributed by atoms with Crippen molar-refractivity contribution in [1.82, 2.24) is 0 Å². The van der Waals surface area contributed by atoms with Gasteiger partial charge >= 0.3 is 5.97 Å². The molecule has 0 heterocycles. The highest BCUT2D eigenvalue weighted by Crippen LogP contribution is 2.36. The third kappa shape index (κ3) is 3.00. The standard InChI is InChI=1S/C17H20O4/c1-17(2,16(19)20)10-14(18)12-8-9-15(21-3)13-7-5-4-6-11(12)13/h4-9,14,18H,10H2,1-3H3,(H,19,20). The molecule has 0 fully saturated rings. The van der Waals surface area contributed by atoms with Crippen LogP contribution in [0, 0.1) is 5.41 Å². The van der Waals surface area contributed by atoms with Gasteiger partial charge < -0.3 is 14.9 Å². The fraction of sp³-hybridized carbons (Fsp3) is 0.353. The lowest BCUT2D eigenvalue weighted by atomic mass is 9.84. The number of hydrogen-bond acceptors (Lipinski definition) is 3. The average molecular weight is 288 g/mol. The van der Waals surface area contributed by atoms with Gasteiger partial charge in [0.2, 0.25) is 0 Å². The molecule has 0 saturated carbocycles. The number of fused-ring (bicyclic) bond motifs is 1. The summed E-state index contributed by atoms with van der Waals surface area (Å²) >= 11 is 0. The minimum Gasteiger partial charge on any atom is -0.496 e. The second kappa shape index (κ2) is 5.74. The molecule has 0 amide bonds. The van der Waals surface area contributed by atoms with Crippen LogP contribution in [0.25, 0.3) is 10.8 Å². The first-order valence-corrected chi connectivity index (χ1v) is 6.84. The zero-order valence-corrected chi connectivity index (χ0v) is 12.5. The molecule has 2 N–H and O–H groups in total. The first-order valence-electron chi connectivity index (χ1n) is 6.84. The molecule has 0 aliphatic heterocycles. The van der Waals surface area contributed by atoms with E-state index in [1.54, 1.807) is 33.1 Å². The molecule has 0 radical (unpaired) electrons. The van der Waals surface area contributed by atoms with Crippen molar-refractivity contribution in [1.29, 1.82) is 0 Å². The van der Waals surface area contributed by atoms with Crippen molar-refractivity contribution in [2.24, 2.45) is 5.41 Å². The number of ether oxygens (including phenoxy) is 1. The SMILES string of the molecule is COc1ccc(C(O)CC(C)(C)C(=O)O)c2ccccc12. The molecule has 0 aliphatic carbocycles. The van der Waals surface area contributed by atoms with E-state index in [0.29, 0.717) is 0 Å².